The van der Waals surface area contributed by atoms with Gasteiger partial charge in [0.05, 0.1) is 12.2 Å². The lowest BCUT2D eigenvalue weighted by Gasteiger charge is -2.29. The first-order valence-corrected chi connectivity index (χ1v) is 10.3. The molecule has 2 amide bonds. The third-order valence-electron chi connectivity index (χ3n) is 4.93. The fourth-order valence-electron chi connectivity index (χ4n) is 3.36. The number of pyridine rings is 1. The summed E-state index contributed by atoms with van der Waals surface area (Å²) in [6.45, 7) is 1.05. The van der Waals surface area contributed by atoms with Gasteiger partial charge in [0.15, 0.2) is 0 Å². The van der Waals surface area contributed by atoms with Gasteiger partial charge in [-0.15, -0.1) is 0 Å². The second kappa shape index (κ2) is 9.91. The van der Waals surface area contributed by atoms with Crippen LogP contribution in [0.2, 0.25) is 0 Å². The summed E-state index contributed by atoms with van der Waals surface area (Å²) in [5.41, 5.74) is 1.36. The monoisotopic (exact) mass is 435 g/mol. The number of nitrogens with one attached hydrogen (secondary N) is 1. The zero-order valence-corrected chi connectivity index (χ0v) is 17.3. The Morgan fingerprint density at radius 3 is 2.84 bits per heavy atom. The van der Waals surface area contributed by atoms with E-state index in [-0.39, 0.29) is 37.1 Å². The van der Waals surface area contributed by atoms with Gasteiger partial charge in [-0.1, -0.05) is 24.3 Å². The Bertz CT molecular complexity index is 1120. The Morgan fingerprint density at radius 1 is 1.09 bits per heavy atom. The Balaban J connectivity index is 1.31. The molecular weight excluding hydrogens is 413 g/mol. The second-order valence-electron chi connectivity index (χ2n) is 7.17. The molecule has 1 aromatic heterocycles. The predicted octanol–water partition coefficient (Wildman–Crippen LogP) is 3.84. The number of carbonyl (C=O) groups is 2. The van der Waals surface area contributed by atoms with E-state index in [1.807, 2.05) is 24.3 Å². The average Bonchev–Trinajstić information content (AvgIpc) is 2.81. The molecule has 0 saturated heterocycles. The quantitative estimate of drug-likeness (QED) is 0.610. The topological polar surface area (TPSA) is 80.8 Å². The molecule has 7 nitrogen and oxygen atoms in total. The first kappa shape index (κ1) is 21.3. The van der Waals surface area contributed by atoms with Crippen molar-refractivity contribution in [1.82, 2.24) is 10.3 Å². The van der Waals surface area contributed by atoms with Crippen molar-refractivity contribution in [1.29, 1.82) is 0 Å². The lowest BCUT2D eigenvalue weighted by molar-refractivity contribution is -0.125. The minimum Gasteiger partial charge on any atom is -0.490 e. The molecule has 164 valence electrons. The van der Waals surface area contributed by atoms with E-state index < -0.39 is 5.82 Å². The van der Waals surface area contributed by atoms with Crippen LogP contribution in [0.1, 0.15) is 18.4 Å². The van der Waals surface area contributed by atoms with Crippen LogP contribution in [-0.2, 0) is 16.1 Å². The van der Waals surface area contributed by atoms with Gasteiger partial charge in [-0.3, -0.25) is 9.59 Å². The van der Waals surface area contributed by atoms with E-state index in [9.17, 15) is 14.0 Å². The van der Waals surface area contributed by atoms with E-state index in [2.05, 4.69) is 10.3 Å². The average molecular weight is 435 g/mol. The number of amides is 2. The highest BCUT2D eigenvalue weighted by atomic mass is 19.1. The van der Waals surface area contributed by atoms with Crippen molar-refractivity contribution in [2.45, 2.75) is 19.4 Å². The second-order valence-corrected chi connectivity index (χ2v) is 7.17. The molecule has 0 atom stereocenters. The third kappa shape index (κ3) is 5.21. The van der Waals surface area contributed by atoms with Crippen LogP contribution >= 0.6 is 0 Å². The number of hydrogen-bond acceptors (Lipinski definition) is 5. The maximum absolute atomic E-state index is 13.4. The summed E-state index contributed by atoms with van der Waals surface area (Å²) >= 11 is 0. The molecule has 2 heterocycles. The van der Waals surface area contributed by atoms with E-state index in [0.29, 0.717) is 30.2 Å². The van der Waals surface area contributed by atoms with Crippen molar-refractivity contribution in [2.75, 3.05) is 18.1 Å². The SMILES string of the molecule is O=C(CCC(=O)N1CCOc2ccccc21)NCc1cccnc1Oc1cccc(F)c1. The minimum atomic E-state index is -0.416. The van der Waals surface area contributed by atoms with Crippen LogP contribution in [0.5, 0.6) is 17.4 Å². The number of hydrogen-bond donors (Lipinski definition) is 1. The number of fused-ring (bicyclic) bond motifs is 1. The summed E-state index contributed by atoms with van der Waals surface area (Å²) in [6, 6.07) is 16.6. The van der Waals surface area contributed by atoms with Gasteiger partial charge in [0.2, 0.25) is 17.7 Å². The molecule has 32 heavy (non-hydrogen) atoms. The van der Waals surface area contributed by atoms with Crippen LogP contribution in [0.4, 0.5) is 10.1 Å². The maximum atomic E-state index is 13.4. The molecule has 8 heteroatoms. The van der Waals surface area contributed by atoms with Crippen molar-refractivity contribution >= 4 is 17.5 Å². The maximum Gasteiger partial charge on any atom is 0.227 e. The van der Waals surface area contributed by atoms with Crippen LogP contribution in [0.25, 0.3) is 0 Å². The van der Waals surface area contributed by atoms with Gasteiger partial charge in [-0.05, 0) is 30.3 Å². The van der Waals surface area contributed by atoms with Crippen LogP contribution in [0, 0.1) is 5.82 Å². The summed E-state index contributed by atoms with van der Waals surface area (Å²) in [5.74, 6) is 0.444. The number of benzene rings is 2. The molecule has 1 aliphatic rings. The van der Waals surface area contributed by atoms with Crippen LogP contribution in [0.3, 0.4) is 0 Å². The summed E-state index contributed by atoms with van der Waals surface area (Å²) in [7, 11) is 0. The number of rotatable bonds is 7. The first-order valence-electron chi connectivity index (χ1n) is 10.3. The number of carbonyl (C=O) groups excluding carboxylic acids is 2. The Hall–Kier alpha value is -3.94. The molecule has 1 N–H and O–H groups in total. The Labute approximate surface area is 184 Å². The number of ether oxygens (including phenoxy) is 2. The van der Waals surface area contributed by atoms with Crippen LogP contribution in [0.15, 0.2) is 66.9 Å². The lowest BCUT2D eigenvalue weighted by atomic mass is 10.2. The fourth-order valence-corrected chi connectivity index (χ4v) is 3.36. The molecule has 0 spiro atoms. The molecule has 0 saturated carbocycles. The van der Waals surface area contributed by atoms with Crippen molar-refractivity contribution < 1.29 is 23.5 Å². The Kier molecular flexibility index (Phi) is 6.60. The van der Waals surface area contributed by atoms with E-state index >= 15 is 0 Å². The number of nitrogens with zero attached hydrogens (tertiary/aromatic N) is 2. The van der Waals surface area contributed by atoms with Crippen LogP contribution in [-0.4, -0.2) is 29.9 Å². The molecule has 2 aromatic carbocycles. The Morgan fingerprint density at radius 2 is 1.97 bits per heavy atom. The minimum absolute atomic E-state index is 0.0543. The van der Waals surface area contributed by atoms with Crippen molar-refractivity contribution in [2.24, 2.45) is 0 Å². The van der Waals surface area contributed by atoms with Gasteiger partial charge in [0, 0.05) is 37.2 Å². The molecular formula is C24H22FN3O4. The summed E-state index contributed by atoms with van der Waals surface area (Å²) in [5, 5.41) is 2.79. The molecule has 0 bridgehead atoms. The molecule has 1 aliphatic heterocycles. The molecule has 3 aromatic rings. The van der Waals surface area contributed by atoms with E-state index in [1.165, 1.54) is 12.1 Å². The van der Waals surface area contributed by atoms with E-state index in [4.69, 9.17) is 9.47 Å². The third-order valence-corrected chi connectivity index (χ3v) is 4.93. The van der Waals surface area contributed by atoms with Gasteiger partial charge in [-0.25, -0.2) is 9.37 Å². The standard InChI is InChI=1S/C24H22FN3O4/c25-18-6-3-7-19(15-18)32-24-17(5-4-12-26-24)16-27-22(29)10-11-23(30)28-13-14-31-21-9-2-1-8-20(21)28/h1-9,12,15H,10-11,13-14,16H2,(H,27,29). The fraction of sp³-hybridized carbons (Fsp3) is 0.208. The lowest BCUT2D eigenvalue weighted by Crippen LogP contribution is -2.38. The molecule has 0 radical (unpaired) electrons. The molecule has 0 aliphatic carbocycles. The van der Waals surface area contributed by atoms with Gasteiger partial charge < -0.3 is 19.7 Å². The first-order chi connectivity index (χ1) is 15.6. The van der Waals surface area contributed by atoms with Crippen molar-refractivity contribution in [3.05, 3.63) is 78.2 Å². The van der Waals surface area contributed by atoms with Crippen molar-refractivity contribution in [3.63, 3.8) is 0 Å². The summed E-state index contributed by atoms with van der Waals surface area (Å²) in [4.78, 5) is 30.8. The van der Waals surface area contributed by atoms with Crippen molar-refractivity contribution in [3.8, 4) is 17.4 Å². The van der Waals surface area contributed by atoms with Gasteiger partial charge >= 0.3 is 0 Å². The molecule has 0 fully saturated rings. The highest BCUT2D eigenvalue weighted by Crippen LogP contribution is 2.31. The van der Waals surface area contributed by atoms with Crippen LogP contribution < -0.4 is 19.7 Å². The zero-order chi connectivity index (χ0) is 22.3. The largest absolute Gasteiger partial charge is 0.490 e. The number of aromatic nitrogens is 1. The zero-order valence-electron chi connectivity index (χ0n) is 17.3. The smallest absolute Gasteiger partial charge is 0.227 e. The van der Waals surface area contributed by atoms with Gasteiger partial charge in [0.25, 0.3) is 0 Å². The number of para-hydroxylation sites is 2. The highest BCUT2D eigenvalue weighted by molar-refractivity contribution is 5.97. The highest BCUT2D eigenvalue weighted by Gasteiger charge is 2.23. The summed E-state index contributed by atoms with van der Waals surface area (Å²) < 4.78 is 24.6. The summed E-state index contributed by atoms with van der Waals surface area (Å²) in [6.07, 6.45) is 1.69. The predicted molar refractivity (Wildman–Crippen MR) is 116 cm³/mol. The van der Waals surface area contributed by atoms with E-state index in [1.54, 1.807) is 35.4 Å². The van der Waals surface area contributed by atoms with Gasteiger partial charge in [-0.2, -0.15) is 0 Å². The van der Waals surface area contributed by atoms with Gasteiger partial charge in [0.1, 0.15) is 23.9 Å². The normalized spacial score (nSPS) is 12.5. The number of halogens is 1. The molecule has 0 unspecified atom stereocenters. The van der Waals surface area contributed by atoms with E-state index in [0.717, 1.165) is 5.69 Å². The number of anilines is 1. The molecule has 4 rings (SSSR count).